The number of benzene rings is 2. The number of ether oxygens (including phenoxy) is 1. The molecule has 3 rings (SSSR count). The molecule has 8 nitrogen and oxygen atoms in total. The molecule has 0 bridgehead atoms. The summed E-state index contributed by atoms with van der Waals surface area (Å²) in [5.41, 5.74) is -0.0415. The number of carbonyl (C=O) groups is 1. The third-order valence-corrected chi connectivity index (χ3v) is 6.11. The maximum Gasteiger partial charge on any atom is 0.276 e. The first-order valence-corrected chi connectivity index (χ1v) is 10.7. The Morgan fingerprint density at radius 2 is 2.03 bits per heavy atom. The van der Waals surface area contributed by atoms with Crippen LogP contribution in [0.2, 0.25) is 5.02 Å². The molecule has 30 heavy (non-hydrogen) atoms. The zero-order valence-electron chi connectivity index (χ0n) is 15.7. The van der Waals surface area contributed by atoms with Crippen LogP contribution in [0.25, 0.3) is 0 Å². The molecule has 0 aliphatic carbocycles. The van der Waals surface area contributed by atoms with Gasteiger partial charge in [-0.3, -0.25) is 4.79 Å². The molecule has 1 aromatic heterocycles. The standard InChI is InChI=1S/C19H17ClFN3O5S/c1-2-30(27,28)13-4-6-18(25)17(10-13)22-19(26)16-7-8-24(23-16)11-29-12-3-5-15(21)14(20)9-12/h3-10,25H,2,11H2,1H3,(H,22,26). The van der Waals surface area contributed by atoms with E-state index in [1.54, 1.807) is 0 Å². The Balaban J connectivity index is 1.69. The molecule has 3 aromatic rings. The molecule has 0 radical (unpaired) electrons. The minimum atomic E-state index is -3.50. The van der Waals surface area contributed by atoms with Crippen LogP contribution >= 0.6 is 11.6 Å². The predicted octanol–water partition coefficient (Wildman–Crippen LogP) is 3.46. The lowest BCUT2D eigenvalue weighted by molar-refractivity contribution is 0.101. The van der Waals surface area contributed by atoms with Crippen LogP contribution in [0.4, 0.5) is 10.1 Å². The normalized spacial score (nSPS) is 11.3. The number of aromatic nitrogens is 2. The summed E-state index contributed by atoms with van der Waals surface area (Å²) >= 11 is 5.69. The molecule has 2 aromatic carbocycles. The van der Waals surface area contributed by atoms with Crippen molar-refractivity contribution in [1.82, 2.24) is 9.78 Å². The van der Waals surface area contributed by atoms with Crippen molar-refractivity contribution in [2.45, 2.75) is 18.6 Å². The molecule has 158 valence electrons. The van der Waals surface area contributed by atoms with Gasteiger partial charge in [0.1, 0.15) is 17.3 Å². The Labute approximate surface area is 176 Å². The van der Waals surface area contributed by atoms with E-state index in [4.69, 9.17) is 16.3 Å². The van der Waals surface area contributed by atoms with Crippen molar-refractivity contribution in [3.8, 4) is 11.5 Å². The molecule has 2 N–H and O–H groups in total. The number of anilines is 1. The Morgan fingerprint density at radius 1 is 1.27 bits per heavy atom. The van der Waals surface area contributed by atoms with Crippen LogP contribution in [0.3, 0.4) is 0 Å². The molecule has 0 aliphatic heterocycles. The number of nitrogens with zero attached hydrogens (tertiary/aromatic N) is 2. The van der Waals surface area contributed by atoms with E-state index in [-0.39, 0.29) is 39.5 Å². The summed E-state index contributed by atoms with van der Waals surface area (Å²) in [7, 11) is -3.50. The van der Waals surface area contributed by atoms with Crippen LogP contribution in [-0.4, -0.2) is 35.0 Å². The van der Waals surface area contributed by atoms with Crippen molar-refractivity contribution < 1.29 is 27.4 Å². The summed E-state index contributed by atoms with van der Waals surface area (Å²) in [4.78, 5) is 12.4. The first-order valence-electron chi connectivity index (χ1n) is 8.68. The first kappa shape index (κ1) is 21.6. The van der Waals surface area contributed by atoms with E-state index in [2.05, 4.69) is 10.4 Å². The third-order valence-electron chi connectivity index (χ3n) is 4.08. The number of aromatic hydroxyl groups is 1. The molecule has 1 heterocycles. The summed E-state index contributed by atoms with van der Waals surface area (Å²) in [6, 6.07) is 8.94. The number of halogens is 2. The zero-order valence-corrected chi connectivity index (χ0v) is 17.2. The lowest BCUT2D eigenvalue weighted by Gasteiger charge is -2.09. The van der Waals surface area contributed by atoms with E-state index in [1.807, 2.05) is 0 Å². The van der Waals surface area contributed by atoms with Crippen molar-refractivity contribution in [3.63, 3.8) is 0 Å². The molecule has 0 spiro atoms. The van der Waals surface area contributed by atoms with Gasteiger partial charge in [0.05, 0.1) is 21.4 Å². The molecular formula is C19H17ClFN3O5S. The monoisotopic (exact) mass is 453 g/mol. The Kier molecular flexibility index (Phi) is 6.28. The number of rotatable bonds is 7. The fourth-order valence-electron chi connectivity index (χ4n) is 2.42. The molecule has 0 aliphatic rings. The molecule has 0 unspecified atom stereocenters. The highest BCUT2D eigenvalue weighted by atomic mass is 35.5. The van der Waals surface area contributed by atoms with E-state index in [1.165, 1.54) is 60.3 Å². The van der Waals surface area contributed by atoms with E-state index >= 15 is 0 Å². The number of nitrogens with one attached hydrogen (secondary N) is 1. The average molecular weight is 454 g/mol. The third kappa shape index (κ3) is 4.89. The minimum absolute atomic E-state index is 0.0129. The topological polar surface area (TPSA) is 111 Å². The van der Waals surface area contributed by atoms with Crippen molar-refractivity contribution in [1.29, 1.82) is 0 Å². The smallest absolute Gasteiger partial charge is 0.276 e. The fourth-order valence-corrected chi connectivity index (χ4v) is 3.50. The number of carbonyl (C=O) groups excluding carboxylic acids is 1. The number of hydrogen-bond donors (Lipinski definition) is 2. The van der Waals surface area contributed by atoms with Crippen LogP contribution < -0.4 is 10.1 Å². The highest BCUT2D eigenvalue weighted by Gasteiger charge is 2.17. The van der Waals surface area contributed by atoms with E-state index in [0.717, 1.165) is 0 Å². The SMILES string of the molecule is CCS(=O)(=O)c1ccc(O)c(NC(=O)c2ccn(COc3ccc(F)c(Cl)c3)n2)c1. The highest BCUT2D eigenvalue weighted by Crippen LogP contribution is 2.27. The van der Waals surface area contributed by atoms with Gasteiger partial charge in [-0.15, -0.1) is 0 Å². The second-order valence-electron chi connectivity index (χ2n) is 6.13. The minimum Gasteiger partial charge on any atom is -0.506 e. The van der Waals surface area contributed by atoms with Gasteiger partial charge in [-0.25, -0.2) is 17.5 Å². The lowest BCUT2D eigenvalue weighted by Crippen LogP contribution is -2.15. The summed E-state index contributed by atoms with van der Waals surface area (Å²) in [6.45, 7) is 1.43. The zero-order chi connectivity index (χ0) is 21.9. The Hall–Kier alpha value is -3.11. The van der Waals surface area contributed by atoms with Gasteiger partial charge in [-0.2, -0.15) is 5.10 Å². The van der Waals surface area contributed by atoms with Crippen LogP contribution in [0.15, 0.2) is 53.6 Å². The number of phenols is 1. The van der Waals surface area contributed by atoms with Crippen LogP contribution in [0.5, 0.6) is 11.5 Å². The molecule has 0 saturated carbocycles. The Morgan fingerprint density at radius 3 is 2.73 bits per heavy atom. The van der Waals surface area contributed by atoms with Crippen LogP contribution in [-0.2, 0) is 16.6 Å². The summed E-state index contributed by atoms with van der Waals surface area (Å²) in [5, 5.41) is 16.3. The van der Waals surface area contributed by atoms with Crippen LogP contribution in [0, 0.1) is 5.82 Å². The van der Waals surface area contributed by atoms with Gasteiger partial charge in [0.25, 0.3) is 5.91 Å². The largest absolute Gasteiger partial charge is 0.506 e. The lowest BCUT2D eigenvalue weighted by atomic mass is 10.3. The maximum absolute atomic E-state index is 13.2. The summed E-state index contributed by atoms with van der Waals surface area (Å²) < 4.78 is 43.9. The average Bonchev–Trinajstić information content (AvgIpc) is 3.19. The number of hydrogen-bond acceptors (Lipinski definition) is 6. The second-order valence-corrected chi connectivity index (χ2v) is 8.81. The van der Waals surface area contributed by atoms with Crippen molar-refractivity contribution in [2.75, 3.05) is 11.1 Å². The molecule has 0 saturated heterocycles. The summed E-state index contributed by atoms with van der Waals surface area (Å²) in [5.74, 6) is -1.30. The van der Waals surface area contributed by atoms with Gasteiger partial charge < -0.3 is 15.2 Å². The number of sulfone groups is 1. The number of amides is 1. The van der Waals surface area contributed by atoms with Gasteiger partial charge in [-0.05, 0) is 36.4 Å². The molecule has 0 atom stereocenters. The van der Waals surface area contributed by atoms with Crippen LogP contribution in [0.1, 0.15) is 17.4 Å². The van der Waals surface area contributed by atoms with Crippen molar-refractivity contribution >= 4 is 33.0 Å². The predicted molar refractivity (Wildman–Crippen MR) is 108 cm³/mol. The van der Waals surface area contributed by atoms with Crippen molar-refractivity contribution in [3.05, 3.63) is 65.2 Å². The van der Waals surface area contributed by atoms with E-state index < -0.39 is 21.6 Å². The highest BCUT2D eigenvalue weighted by molar-refractivity contribution is 7.91. The molecular weight excluding hydrogens is 437 g/mol. The fraction of sp³-hybridized carbons (Fsp3) is 0.158. The second kappa shape index (κ2) is 8.72. The van der Waals surface area contributed by atoms with Gasteiger partial charge in [0.15, 0.2) is 22.3 Å². The molecule has 11 heteroatoms. The quantitative estimate of drug-likeness (QED) is 0.530. The van der Waals surface area contributed by atoms with E-state index in [0.29, 0.717) is 5.75 Å². The van der Waals surface area contributed by atoms with E-state index in [9.17, 15) is 22.7 Å². The maximum atomic E-state index is 13.2. The van der Waals surface area contributed by atoms with Gasteiger partial charge in [-0.1, -0.05) is 18.5 Å². The summed E-state index contributed by atoms with van der Waals surface area (Å²) in [6.07, 6.45) is 1.48. The Bertz CT molecular complexity index is 1200. The first-order chi connectivity index (χ1) is 14.2. The molecule has 1 amide bonds. The van der Waals surface area contributed by atoms with Crippen molar-refractivity contribution in [2.24, 2.45) is 0 Å². The van der Waals surface area contributed by atoms with Gasteiger partial charge >= 0.3 is 0 Å². The number of phenolic OH excluding ortho intramolecular Hbond substituents is 1. The van der Waals surface area contributed by atoms with Gasteiger partial charge in [0.2, 0.25) is 0 Å². The van der Waals surface area contributed by atoms with Gasteiger partial charge in [0, 0.05) is 12.3 Å². The molecule has 0 fully saturated rings.